The Balaban J connectivity index is 2.12. The molecule has 0 saturated carbocycles. The van der Waals surface area contributed by atoms with E-state index in [4.69, 9.17) is 4.74 Å². The molecule has 1 N–H and O–H groups in total. The predicted octanol–water partition coefficient (Wildman–Crippen LogP) is 3.77. The first-order chi connectivity index (χ1) is 7.87. The maximum absolute atomic E-state index is 10.0. The van der Waals surface area contributed by atoms with Crippen LogP contribution in [0.25, 0.3) is 0 Å². The number of hydrogen-bond acceptors (Lipinski definition) is 2. The molecule has 1 aliphatic rings. The van der Waals surface area contributed by atoms with Gasteiger partial charge in [0.1, 0.15) is 0 Å². The molecule has 102 valence electrons. The van der Waals surface area contributed by atoms with Crippen molar-refractivity contribution in [1.29, 1.82) is 0 Å². The summed E-state index contributed by atoms with van der Waals surface area (Å²) < 4.78 is 5.58. The van der Waals surface area contributed by atoms with Crippen molar-refractivity contribution in [3.8, 4) is 0 Å². The predicted molar refractivity (Wildman–Crippen MR) is 72.1 cm³/mol. The molecule has 0 aliphatic carbocycles. The number of aliphatic hydroxyl groups is 1. The van der Waals surface area contributed by atoms with Crippen LogP contribution in [0.3, 0.4) is 0 Å². The highest BCUT2D eigenvalue weighted by molar-refractivity contribution is 4.72. The van der Waals surface area contributed by atoms with Crippen molar-refractivity contribution in [1.82, 2.24) is 0 Å². The minimum absolute atomic E-state index is 0.142. The highest BCUT2D eigenvalue weighted by atomic mass is 16.5. The summed E-state index contributed by atoms with van der Waals surface area (Å²) in [6.07, 6.45) is 6.71. The van der Waals surface area contributed by atoms with E-state index in [1.165, 1.54) is 19.3 Å². The standard InChI is InChI=1S/C15H30O2/c1-12(11-15(2,3)4)10-13(16)7-8-14-6-5-9-17-14/h12-14,16H,5-11H2,1-4H3. The molecular weight excluding hydrogens is 212 g/mol. The lowest BCUT2D eigenvalue weighted by Gasteiger charge is -2.25. The van der Waals surface area contributed by atoms with Crippen molar-refractivity contribution in [2.45, 2.75) is 78.4 Å². The molecule has 1 fully saturated rings. The normalized spacial score (nSPS) is 24.9. The van der Waals surface area contributed by atoms with E-state index in [0.717, 1.165) is 25.9 Å². The molecule has 0 aromatic heterocycles. The molecule has 0 amide bonds. The van der Waals surface area contributed by atoms with E-state index in [9.17, 15) is 5.11 Å². The highest BCUT2D eigenvalue weighted by Gasteiger charge is 2.20. The van der Waals surface area contributed by atoms with Crippen molar-refractivity contribution in [3.63, 3.8) is 0 Å². The molecule has 0 radical (unpaired) electrons. The van der Waals surface area contributed by atoms with Crippen LogP contribution in [0, 0.1) is 11.3 Å². The number of ether oxygens (including phenoxy) is 1. The van der Waals surface area contributed by atoms with Gasteiger partial charge in [-0.05, 0) is 49.9 Å². The Bertz CT molecular complexity index is 201. The average Bonchev–Trinajstić information content (AvgIpc) is 2.63. The van der Waals surface area contributed by atoms with Crippen LogP contribution >= 0.6 is 0 Å². The minimum Gasteiger partial charge on any atom is -0.393 e. The van der Waals surface area contributed by atoms with Gasteiger partial charge in [0.15, 0.2) is 0 Å². The molecule has 1 aliphatic heterocycles. The van der Waals surface area contributed by atoms with E-state index in [-0.39, 0.29) is 6.10 Å². The van der Waals surface area contributed by atoms with Gasteiger partial charge in [-0.15, -0.1) is 0 Å². The quantitative estimate of drug-likeness (QED) is 0.768. The fourth-order valence-corrected chi connectivity index (χ4v) is 2.96. The Morgan fingerprint density at radius 3 is 2.59 bits per heavy atom. The zero-order valence-electron chi connectivity index (χ0n) is 12.0. The molecule has 3 atom stereocenters. The third-order valence-corrected chi connectivity index (χ3v) is 3.48. The number of aliphatic hydroxyl groups excluding tert-OH is 1. The second-order valence-electron chi connectivity index (χ2n) is 6.97. The highest BCUT2D eigenvalue weighted by Crippen LogP contribution is 2.28. The second-order valence-corrected chi connectivity index (χ2v) is 6.97. The van der Waals surface area contributed by atoms with Gasteiger partial charge in [0.05, 0.1) is 12.2 Å². The van der Waals surface area contributed by atoms with Crippen LogP contribution in [0.2, 0.25) is 0 Å². The molecule has 17 heavy (non-hydrogen) atoms. The van der Waals surface area contributed by atoms with Gasteiger partial charge in [0.2, 0.25) is 0 Å². The van der Waals surface area contributed by atoms with Crippen LogP contribution in [0.1, 0.15) is 66.2 Å². The minimum atomic E-state index is -0.142. The van der Waals surface area contributed by atoms with Crippen LogP contribution < -0.4 is 0 Å². The fourth-order valence-electron chi connectivity index (χ4n) is 2.96. The van der Waals surface area contributed by atoms with Crippen molar-refractivity contribution in [2.75, 3.05) is 6.61 Å². The molecule has 0 aromatic carbocycles. The molecule has 0 bridgehead atoms. The van der Waals surface area contributed by atoms with Gasteiger partial charge in [-0.2, -0.15) is 0 Å². The molecular formula is C15H30O2. The van der Waals surface area contributed by atoms with E-state index in [1.807, 2.05) is 0 Å². The van der Waals surface area contributed by atoms with Crippen molar-refractivity contribution in [2.24, 2.45) is 11.3 Å². The van der Waals surface area contributed by atoms with E-state index in [2.05, 4.69) is 27.7 Å². The van der Waals surface area contributed by atoms with Crippen LogP contribution in [-0.4, -0.2) is 23.9 Å². The van der Waals surface area contributed by atoms with E-state index in [1.54, 1.807) is 0 Å². The SMILES string of the molecule is CC(CC(O)CCC1CCCO1)CC(C)(C)C. The summed E-state index contributed by atoms with van der Waals surface area (Å²) in [5.41, 5.74) is 0.369. The van der Waals surface area contributed by atoms with Crippen LogP contribution in [0.4, 0.5) is 0 Å². The lowest BCUT2D eigenvalue weighted by Crippen LogP contribution is -2.18. The first-order valence-corrected chi connectivity index (χ1v) is 7.16. The van der Waals surface area contributed by atoms with Gasteiger partial charge in [-0.25, -0.2) is 0 Å². The molecule has 2 nitrogen and oxygen atoms in total. The third-order valence-electron chi connectivity index (χ3n) is 3.48. The summed E-state index contributed by atoms with van der Waals surface area (Å²) in [4.78, 5) is 0. The summed E-state index contributed by atoms with van der Waals surface area (Å²) in [5, 5.41) is 10.0. The van der Waals surface area contributed by atoms with Gasteiger partial charge < -0.3 is 9.84 Å². The lowest BCUT2D eigenvalue weighted by molar-refractivity contribution is 0.0716. The number of hydrogen-bond donors (Lipinski definition) is 1. The largest absolute Gasteiger partial charge is 0.393 e. The van der Waals surface area contributed by atoms with Crippen LogP contribution in [0.5, 0.6) is 0 Å². The summed E-state index contributed by atoms with van der Waals surface area (Å²) >= 11 is 0. The number of rotatable bonds is 6. The van der Waals surface area contributed by atoms with Gasteiger partial charge in [-0.3, -0.25) is 0 Å². The Hall–Kier alpha value is -0.0800. The lowest BCUT2D eigenvalue weighted by atomic mass is 9.83. The smallest absolute Gasteiger partial charge is 0.0577 e. The third kappa shape index (κ3) is 7.05. The van der Waals surface area contributed by atoms with E-state index < -0.39 is 0 Å². The zero-order chi connectivity index (χ0) is 12.9. The molecule has 0 spiro atoms. The first-order valence-electron chi connectivity index (χ1n) is 7.16. The van der Waals surface area contributed by atoms with Gasteiger partial charge in [0, 0.05) is 6.61 Å². The molecule has 1 saturated heterocycles. The van der Waals surface area contributed by atoms with Crippen molar-refractivity contribution >= 4 is 0 Å². The summed E-state index contributed by atoms with van der Waals surface area (Å²) in [5.74, 6) is 0.606. The molecule has 0 aromatic rings. The first kappa shape index (κ1) is 15.0. The molecule has 1 rings (SSSR count). The second kappa shape index (κ2) is 6.75. The monoisotopic (exact) mass is 242 g/mol. The average molecular weight is 242 g/mol. The Morgan fingerprint density at radius 1 is 1.35 bits per heavy atom. The van der Waals surface area contributed by atoms with Gasteiger partial charge in [0.25, 0.3) is 0 Å². The Labute approximate surface area is 107 Å². The maximum Gasteiger partial charge on any atom is 0.0577 e. The maximum atomic E-state index is 10.0. The van der Waals surface area contributed by atoms with Crippen molar-refractivity contribution < 1.29 is 9.84 Å². The summed E-state index contributed by atoms with van der Waals surface area (Å²) in [6.45, 7) is 9.97. The van der Waals surface area contributed by atoms with Crippen LogP contribution in [0.15, 0.2) is 0 Å². The Kier molecular flexibility index (Phi) is 5.94. The molecule has 2 heteroatoms. The fraction of sp³-hybridized carbons (Fsp3) is 1.00. The molecule has 3 unspecified atom stereocenters. The van der Waals surface area contributed by atoms with E-state index in [0.29, 0.717) is 17.4 Å². The van der Waals surface area contributed by atoms with E-state index >= 15 is 0 Å². The van der Waals surface area contributed by atoms with Gasteiger partial charge >= 0.3 is 0 Å². The topological polar surface area (TPSA) is 29.5 Å². The van der Waals surface area contributed by atoms with Crippen LogP contribution in [-0.2, 0) is 4.74 Å². The van der Waals surface area contributed by atoms with Gasteiger partial charge in [-0.1, -0.05) is 27.7 Å². The zero-order valence-corrected chi connectivity index (χ0v) is 12.0. The molecule has 1 heterocycles. The Morgan fingerprint density at radius 2 is 2.06 bits per heavy atom. The summed E-state index contributed by atoms with van der Waals surface area (Å²) in [7, 11) is 0. The summed E-state index contributed by atoms with van der Waals surface area (Å²) in [6, 6.07) is 0. The van der Waals surface area contributed by atoms with Crippen molar-refractivity contribution in [3.05, 3.63) is 0 Å².